The first-order valence-electron chi connectivity index (χ1n) is 6.46. The van der Waals surface area contributed by atoms with Crippen molar-refractivity contribution >= 4 is 38.5 Å². The van der Waals surface area contributed by atoms with E-state index in [1.165, 1.54) is 0 Å². The lowest BCUT2D eigenvalue weighted by Crippen LogP contribution is -1.92. The average Bonchev–Trinajstić information content (AvgIpc) is 2.85. The van der Waals surface area contributed by atoms with Crippen molar-refractivity contribution in [1.29, 1.82) is 0 Å². The standard InChI is InChI=1S/C17H12O3/c1-9(18)12-7-5-10-3-4-11-6-8-13(19-2)17-15(11)14(10)16(12)20-17/h3-8H,1-2H3. The Morgan fingerprint density at radius 3 is 2.20 bits per heavy atom. The van der Waals surface area contributed by atoms with E-state index in [0.717, 1.165) is 21.5 Å². The molecule has 0 saturated heterocycles. The van der Waals surface area contributed by atoms with Gasteiger partial charge in [-0.3, -0.25) is 4.79 Å². The highest BCUT2D eigenvalue weighted by atomic mass is 16.5. The molecule has 3 nitrogen and oxygen atoms in total. The third kappa shape index (κ3) is 1.27. The predicted octanol–water partition coefficient (Wildman–Crippen LogP) is 4.39. The minimum absolute atomic E-state index is 0.00526. The zero-order chi connectivity index (χ0) is 13.9. The number of methoxy groups -OCH3 is 1. The van der Waals surface area contributed by atoms with Crippen molar-refractivity contribution in [2.24, 2.45) is 0 Å². The molecule has 0 fully saturated rings. The zero-order valence-electron chi connectivity index (χ0n) is 11.2. The van der Waals surface area contributed by atoms with E-state index in [9.17, 15) is 4.79 Å². The molecule has 0 aliphatic carbocycles. The van der Waals surface area contributed by atoms with Crippen molar-refractivity contribution in [2.45, 2.75) is 6.92 Å². The van der Waals surface area contributed by atoms with Gasteiger partial charge < -0.3 is 9.15 Å². The van der Waals surface area contributed by atoms with E-state index < -0.39 is 0 Å². The van der Waals surface area contributed by atoms with Gasteiger partial charge in [0.1, 0.15) is 5.58 Å². The topological polar surface area (TPSA) is 39.4 Å². The van der Waals surface area contributed by atoms with Crippen LogP contribution in [0.3, 0.4) is 0 Å². The molecule has 0 saturated carbocycles. The third-order valence-corrected chi connectivity index (χ3v) is 3.84. The molecule has 0 spiro atoms. The van der Waals surface area contributed by atoms with E-state index in [4.69, 9.17) is 9.15 Å². The van der Waals surface area contributed by atoms with Gasteiger partial charge in [-0.05, 0) is 29.8 Å². The highest BCUT2D eigenvalue weighted by molar-refractivity contribution is 6.25. The van der Waals surface area contributed by atoms with Crippen LogP contribution in [0.4, 0.5) is 0 Å². The molecular weight excluding hydrogens is 252 g/mol. The SMILES string of the molecule is COc1ccc2ccc3ccc(C(C)=O)c4oc1c2c34. The van der Waals surface area contributed by atoms with Gasteiger partial charge in [-0.15, -0.1) is 0 Å². The molecule has 0 amide bonds. The first-order chi connectivity index (χ1) is 9.70. The van der Waals surface area contributed by atoms with Crippen molar-refractivity contribution < 1.29 is 13.9 Å². The molecule has 4 aromatic rings. The second-order valence-corrected chi connectivity index (χ2v) is 4.96. The van der Waals surface area contributed by atoms with Gasteiger partial charge in [-0.1, -0.05) is 24.3 Å². The summed E-state index contributed by atoms with van der Waals surface area (Å²) >= 11 is 0. The number of hydrogen-bond acceptors (Lipinski definition) is 3. The van der Waals surface area contributed by atoms with Gasteiger partial charge in [0, 0.05) is 10.8 Å². The molecule has 4 rings (SSSR count). The van der Waals surface area contributed by atoms with E-state index >= 15 is 0 Å². The molecule has 0 atom stereocenters. The second kappa shape index (κ2) is 3.73. The maximum Gasteiger partial charge on any atom is 0.177 e. The van der Waals surface area contributed by atoms with Crippen LogP contribution in [0.1, 0.15) is 17.3 Å². The zero-order valence-corrected chi connectivity index (χ0v) is 11.2. The molecule has 0 aliphatic rings. The molecule has 1 heterocycles. The van der Waals surface area contributed by atoms with Crippen LogP contribution in [-0.2, 0) is 0 Å². The van der Waals surface area contributed by atoms with Crippen LogP contribution >= 0.6 is 0 Å². The highest BCUT2D eigenvalue weighted by Crippen LogP contribution is 2.42. The van der Waals surface area contributed by atoms with Crippen LogP contribution in [0.25, 0.3) is 32.7 Å². The first-order valence-corrected chi connectivity index (χ1v) is 6.46. The minimum atomic E-state index is 0.00526. The number of furan rings is 1. The van der Waals surface area contributed by atoms with Crippen LogP contribution in [-0.4, -0.2) is 12.9 Å². The fourth-order valence-corrected chi connectivity index (χ4v) is 2.90. The van der Waals surface area contributed by atoms with Gasteiger partial charge in [-0.25, -0.2) is 0 Å². The van der Waals surface area contributed by atoms with E-state index in [0.29, 0.717) is 22.5 Å². The van der Waals surface area contributed by atoms with Gasteiger partial charge in [0.2, 0.25) is 0 Å². The molecule has 3 heteroatoms. The normalized spacial score (nSPS) is 11.7. The first kappa shape index (κ1) is 11.3. The molecule has 0 aliphatic heterocycles. The second-order valence-electron chi connectivity index (χ2n) is 4.96. The fraction of sp³-hybridized carbons (Fsp3) is 0.118. The molecule has 1 aromatic heterocycles. The van der Waals surface area contributed by atoms with Crippen LogP contribution < -0.4 is 4.74 Å². The Labute approximate surface area is 115 Å². The fourth-order valence-electron chi connectivity index (χ4n) is 2.90. The van der Waals surface area contributed by atoms with E-state index in [-0.39, 0.29) is 5.78 Å². The summed E-state index contributed by atoms with van der Waals surface area (Å²) in [5, 5.41) is 4.20. The molecule has 20 heavy (non-hydrogen) atoms. The van der Waals surface area contributed by atoms with E-state index in [2.05, 4.69) is 12.1 Å². The summed E-state index contributed by atoms with van der Waals surface area (Å²) in [5.41, 5.74) is 1.97. The monoisotopic (exact) mass is 264 g/mol. The summed E-state index contributed by atoms with van der Waals surface area (Å²) in [5.74, 6) is 0.696. The summed E-state index contributed by atoms with van der Waals surface area (Å²) in [7, 11) is 1.62. The van der Waals surface area contributed by atoms with Crippen LogP contribution in [0.15, 0.2) is 40.8 Å². The smallest absolute Gasteiger partial charge is 0.177 e. The summed E-state index contributed by atoms with van der Waals surface area (Å²) < 4.78 is 11.4. The molecule has 0 unspecified atom stereocenters. The lowest BCUT2D eigenvalue weighted by Gasteiger charge is -2.03. The number of benzene rings is 3. The summed E-state index contributed by atoms with van der Waals surface area (Å²) in [6, 6.07) is 11.8. The molecule has 0 N–H and O–H groups in total. The molecule has 0 bridgehead atoms. The molecular formula is C17H12O3. The molecule has 3 aromatic carbocycles. The van der Waals surface area contributed by atoms with Gasteiger partial charge in [-0.2, -0.15) is 0 Å². The van der Waals surface area contributed by atoms with Crippen molar-refractivity contribution in [3.05, 3.63) is 42.0 Å². The number of hydrogen-bond donors (Lipinski definition) is 0. The number of carbonyl (C=O) groups is 1. The quantitative estimate of drug-likeness (QED) is 0.398. The van der Waals surface area contributed by atoms with Gasteiger partial charge in [0.15, 0.2) is 17.1 Å². The van der Waals surface area contributed by atoms with Crippen LogP contribution in [0.2, 0.25) is 0 Å². The third-order valence-electron chi connectivity index (χ3n) is 3.84. The Hall–Kier alpha value is -2.55. The molecule has 98 valence electrons. The number of ether oxygens (including phenoxy) is 1. The Kier molecular flexibility index (Phi) is 2.11. The molecule has 0 radical (unpaired) electrons. The van der Waals surface area contributed by atoms with E-state index in [1.54, 1.807) is 14.0 Å². The van der Waals surface area contributed by atoms with Crippen molar-refractivity contribution in [3.8, 4) is 5.75 Å². The largest absolute Gasteiger partial charge is 0.493 e. The van der Waals surface area contributed by atoms with Crippen molar-refractivity contribution in [1.82, 2.24) is 0 Å². The lowest BCUT2D eigenvalue weighted by atomic mass is 9.99. The summed E-state index contributed by atoms with van der Waals surface area (Å²) in [4.78, 5) is 11.8. The minimum Gasteiger partial charge on any atom is -0.493 e. The predicted molar refractivity (Wildman–Crippen MR) is 79.0 cm³/mol. The Bertz CT molecular complexity index is 962. The number of rotatable bonds is 2. The Balaban J connectivity index is 2.34. The van der Waals surface area contributed by atoms with Crippen molar-refractivity contribution in [3.63, 3.8) is 0 Å². The van der Waals surface area contributed by atoms with Gasteiger partial charge in [0.25, 0.3) is 0 Å². The Morgan fingerprint density at radius 2 is 1.55 bits per heavy atom. The summed E-state index contributed by atoms with van der Waals surface area (Å²) in [6.07, 6.45) is 0. The van der Waals surface area contributed by atoms with E-state index in [1.807, 2.05) is 24.3 Å². The number of ketones is 1. The maximum absolute atomic E-state index is 11.8. The van der Waals surface area contributed by atoms with Crippen molar-refractivity contribution in [2.75, 3.05) is 7.11 Å². The van der Waals surface area contributed by atoms with Gasteiger partial charge in [0.05, 0.1) is 12.7 Å². The number of Topliss-reactive ketones (excluding diaryl/α,β-unsaturated/α-hetero) is 1. The summed E-state index contributed by atoms with van der Waals surface area (Å²) in [6.45, 7) is 1.56. The van der Waals surface area contributed by atoms with Crippen LogP contribution in [0, 0.1) is 0 Å². The van der Waals surface area contributed by atoms with Crippen LogP contribution in [0.5, 0.6) is 5.75 Å². The van der Waals surface area contributed by atoms with Gasteiger partial charge >= 0.3 is 0 Å². The Morgan fingerprint density at radius 1 is 0.950 bits per heavy atom. The lowest BCUT2D eigenvalue weighted by molar-refractivity contribution is 0.101. The average molecular weight is 264 g/mol. The maximum atomic E-state index is 11.8. The highest BCUT2D eigenvalue weighted by Gasteiger charge is 2.19. The number of carbonyl (C=O) groups excluding carboxylic acids is 1.